The van der Waals surface area contributed by atoms with Crippen LogP contribution in [0.25, 0.3) is 76.7 Å². The van der Waals surface area contributed by atoms with Crippen LogP contribution in [0.15, 0.2) is 122 Å². The second-order valence-electron chi connectivity index (χ2n) is 10.8. The van der Waals surface area contributed by atoms with Gasteiger partial charge in [-0.3, -0.25) is 9.97 Å². The lowest BCUT2D eigenvalue weighted by Gasteiger charge is -2.18. The summed E-state index contributed by atoms with van der Waals surface area (Å²) in [7, 11) is 0. The summed E-state index contributed by atoms with van der Waals surface area (Å²) in [5.74, 6) is 0. The Morgan fingerprint density at radius 3 is 2.05 bits per heavy atom. The van der Waals surface area contributed by atoms with Gasteiger partial charge in [-0.25, -0.2) is 0 Å². The number of fused-ring (bicyclic) bond motifs is 1. The Bertz CT molecular complexity index is 2210. The van der Waals surface area contributed by atoms with Crippen LogP contribution in [0.3, 0.4) is 0 Å². The van der Waals surface area contributed by atoms with Crippen molar-refractivity contribution in [2.45, 2.75) is 13.8 Å². The number of aryl methyl sites for hydroxylation is 2. The van der Waals surface area contributed by atoms with Crippen molar-refractivity contribution in [3.63, 3.8) is 0 Å². The van der Waals surface area contributed by atoms with Crippen LogP contribution >= 0.6 is 0 Å². The van der Waals surface area contributed by atoms with E-state index in [1.807, 2.05) is 30.6 Å². The van der Waals surface area contributed by atoms with Crippen molar-refractivity contribution in [3.8, 4) is 33.5 Å². The van der Waals surface area contributed by atoms with E-state index in [1.165, 1.54) is 60.1 Å². The first kappa shape index (κ1) is 22.9. The summed E-state index contributed by atoms with van der Waals surface area (Å²) in [6.07, 6.45) is 3.88. The lowest BCUT2D eigenvalue weighted by Crippen LogP contribution is -1.93. The molecule has 40 heavy (non-hydrogen) atoms. The highest BCUT2D eigenvalue weighted by Gasteiger charge is 2.16. The van der Waals surface area contributed by atoms with E-state index in [4.69, 9.17) is 4.98 Å². The standard InChI is InChI=1S/C38H26N2/c1-23-18-27(30-14-17-35(39-21-30)31-20-28-6-3-4-9-34(28)40-22-31)13-15-32(23)36-24(2)19-29-11-10-25-7-5-8-26-12-16-33(36)38(29)37(25)26/h3-22H,1-2H3. The van der Waals surface area contributed by atoms with Crippen LogP contribution < -0.4 is 0 Å². The van der Waals surface area contributed by atoms with Crippen molar-refractivity contribution in [2.24, 2.45) is 0 Å². The van der Waals surface area contributed by atoms with E-state index in [1.54, 1.807) is 0 Å². The van der Waals surface area contributed by atoms with Gasteiger partial charge in [-0.15, -0.1) is 0 Å². The lowest BCUT2D eigenvalue weighted by molar-refractivity contribution is 1.30. The number of hydrogen-bond acceptors (Lipinski definition) is 2. The molecular weight excluding hydrogens is 484 g/mol. The van der Waals surface area contributed by atoms with Gasteiger partial charge in [0.2, 0.25) is 0 Å². The summed E-state index contributed by atoms with van der Waals surface area (Å²) < 4.78 is 0. The number of hydrogen-bond donors (Lipinski definition) is 0. The van der Waals surface area contributed by atoms with E-state index in [2.05, 4.69) is 110 Å². The molecule has 8 rings (SSSR count). The van der Waals surface area contributed by atoms with Crippen molar-refractivity contribution in [3.05, 3.63) is 133 Å². The smallest absolute Gasteiger partial charge is 0.0718 e. The van der Waals surface area contributed by atoms with Crippen LogP contribution in [-0.2, 0) is 0 Å². The third-order valence-corrected chi connectivity index (χ3v) is 8.32. The fourth-order valence-electron chi connectivity index (χ4n) is 6.38. The Morgan fingerprint density at radius 2 is 1.23 bits per heavy atom. The molecule has 0 atom stereocenters. The monoisotopic (exact) mass is 510 g/mol. The molecular formula is C38H26N2. The van der Waals surface area contributed by atoms with E-state index in [0.29, 0.717) is 0 Å². The normalized spacial score (nSPS) is 11.8. The summed E-state index contributed by atoms with van der Waals surface area (Å²) in [6.45, 7) is 4.46. The quantitative estimate of drug-likeness (QED) is 0.221. The molecule has 0 spiro atoms. The Morgan fingerprint density at radius 1 is 0.475 bits per heavy atom. The average molecular weight is 511 g/mol. The van der Waals surface area contributed by atoms with Crippen LogP contribution in [0.2, 0.25) is 0 Å². The molecule has 2 heterocycles. The maximum Gasteiger partial charge on any atom is 0.0718 e. The zero-order valence-corrected chi connectivity index (χ0v) is 22.4. The average Bonchev–Trinajstić information content (AvgIpc) is 3.00. The molecule has 0 fully saturated rings. The predicted octanol–water partition coefficient (Wildman–Crippen LogP) is 10.1. The van der Waals surface area contributed by atoms with Crippen molar-refractivity contribution >= 4 is 43.2 Å². The van der Waals surface area contributed by atoms with Crippen LogP contribution in [0.1, 0.15) is 11.1 Å². The molecule has 0 aliphatic rings. The van der Waals surface area contributed by atoms with Crippen molar-refractivity contribution in [1.29, 1.82) is 0 Å². The van der Waals surface area contributed by atoms with Gasteiger partial charge in [0.25, 0.3) is 0 Å². The predicted molar refractivity (Wildman–Crippen MR) is 169 cm³/mol. The molecule has 0 bridgehead atoms. The molecule has 0 unspecified atom stereocenters. The molecule has 2 aromatic heterocycles. The Balaban J connectivity index is 1.20. The molecule has 0 aliphatic heterocycles. The Hall–Kier alpha value is -5.08. The molecule has 0 N–H and O–H groups in total. The zero-order chi connectivity index (χ0) is 26.8. The number of rotatable bonds is 3. The van der Waals surface area contributed by atoms with Crippen LogP contribution in [0.4, 0.5) is 0 Å². The molecule has 0 amide bonds. The van der Waals surface area contributed by atoms with Gasteiger partial charge in [-0.1, -0.05) is 91.0 Å². The molecule has 0 radical (unpaired) electrons. The highest BCUT2D eigenvalue weighted by atomic mass is 14.7. The maximum atomic E-state index is 4.80. The zero-order valence-electron chi connectivity index (χ0n) is 22.4. The molecule has 188 valence electrons. The third-order valence-electron chi connectivity index (χ3n) is 8.32. The van der Waals surface area contributed by atoms with E-state index in [9.17, 15) is 0 Å². The van der Waals surface area contributed by atoms with Crippen LogP contribution in [0.5, 0.6) is 0 Å². The molecule has 8 aromatic rings. The number of para-hydroxylation sites is 1. The minimum atomic E-state index is 0.930. The summed E-state index contributed by atoms with van der Waals surface area (Å²) in [6, 6.07) is 39.4. The number of nitrogens with zero attached hydrogens (tertiary/aromatic N) is 2. The first-order chi connectivity index (χ1) is 19.6. The van der Waals surface area contributed by atoms with Gasteiger partial charge in [-0.05, 0) is 92.2 Å². The Labute approximate surface area is 232 Å². The van der Waals surface area contributed by atoms with E-state index < -0.39 is 0 Å². The van der Waals surface area contributed by atoms with Gasteiger partial charge in [0.05, 0.1) is 11.2 Å². The van der Waals surface area contributed by atoms with E-state index >= 15 is 0 Å². The van der Waals surface area contributed by atoms with Crippen LogP contribution in [0, 0.1) is 13.8 Å². The van der Waals surface area contributed by atoms with E-state index in [-0.39, 0.29) is 0 Å². The van der Waals surface area contributed by atoms with Crippen molar-refractivity contribution in [1.82, 2.24) is 9.97 Å². The fourth-order valence-corrected chi connectivity index (χ4v) is 6.38. The van der Waals surface area contributed by atoms with Crippen molar-refractivity contribution in [2.75, 3.05) is 0 Å². The maximum absolute atomic E-state index is 4.80. The summed E-state index contributed by atoms with van der Waals surface area (Å²) in [4.78, 5) is 9.41. The number of aromatic nitrogens is 2. The summed E-state index contributed by atoms with van der Waals surface area (Å²) >= 11 is 0. The molecule has 0 saturated carbocycles. The molecule has 6 aromatic carbocycles. The largest absolute Gasteiger partial charge is 0.256 e. The van der Waals surface area contributed by atoms with Gasteiger partial charge in [0, 0.05) is 28.9 Å². The van der Waals surface area contributed by atoms with Gasteiger partial charge >= 0.3 is 0 Å². The number of pyridine rings is 2. The first-order valence-corrected chi connectivity index (χ1v) is 13.7. The first-order valence-electron chi connectivity index (χ1n) is 13.7. The fraction of sp³-hybridized carbons (Fsp3) is 0.0526. The third kappa shape index (κ3) is 3.50. The van der Waals surface area contributed by atoms with Crippen LogP contribution in [-0.4, -0.2) is 9.97 Å². The molecule has 0 aliphatic carbocycles. The second kappa shape index (κ2) is 8.72. The van der Waals surface area contributed by atoms with Gasteiger partial charge in [0.1, 0.15) is 0 Å². The van der Waals surface area contributed by atoms with Gasteiger partial charge in [-0.2, -0.15) is 0 Å². The number of benzene rings is 6. The van der Waals surface area contributed by atoms with Crippen molar-refractivity contribution < 1.29 is 0 Å². The topological polar surface area (TPSA) is 25.8 Å². The minimum absolute atomic E-state index is 0.930. The highest BCUT2D eigenvalue weighted by Crippen LogP contribution is 2.42. The Kier molecular flexibility index (Phi) is 4.99. The highest BCUT2D eigenvalue weighted by molar-refractivity contribution is 6.26. The SMILES string of the molecule is Cc1cc(-c2ccc(-c3cnc4ccccc4c3)nc2)ccc1-c1c(C)cc2ccc3cccc4ccc1c2c34. The lowest BCUT2D eigenvalue weighted by atomic mass is 9.85. The van der Waals surface area contributed by atoms with Gasteiger partial charge in [0.15, 0.2) is 0 Å². The molecule has 2 nitrogen and oxygen atoms in total. The molecule has 2 heteroatoms. The summed E-state index contributed by atoms with van der Waals surface area (Å²) in [5, 5.41) is 9.08. The molecule has 0 saturated heterocycles. The minimum Gasteiger partial charge on any atom is -0.256 e. The van der Waals surface area contributed by atoms with Gasteiger partial charge < -0.3 is 0 Å². The summed E-state index contributed by atoms with van der Waals surface area (Å²) in [5.41, 5.74) is 10.4. The van der Waals surface area contributed by atoms with E-state index in [0.717, 1.165) is 27.7 Å². The second-order valence-corrected chi connectivity index (χ2v) is 10.8.